The minimum atomic E-state index is 0.507. The van der Waals surface area contributed by atoms with Crippen LogP contribution in [-0.4, -0.2) is 12.0 Å². The van der Waals surface area contributed by atoms with Crippen LogP contribution in [-0.2, 0) is 0 Å². The van der Waals surface area contributed by atoms with Crippen molar-refractivity contribution in [2.24, 2.45) is 4.99 Å². The Balaban J connectivity index is 1.79. The molecule has 1 fully saturated rings. The van der Waals surface area contributed by atoms with Crippen LogP contribution in [0.2, 0.25) is 0 Å². The van der Waals surface area contributed by atoms with Gasteiger partial charge in [0.25, 0.3) is 0 Å². The monoisotopic (exact) mass is 202 g/mol. The van der Waals surface area contributed by atoms with Gasteiger partial charge in [0.15, 0.2) is 0 Å². The van der Waals surface area contributed by atoms with Gasteiger partial charge in [0, 0.05) is 0 Å². The molecule has 15 heavy (non-hydrogen) atoms. The molecule has 1 aliphatic heterocycles. The normalized spacial score (nSPS) is 22.0. The maximum atomic E-state index is 4.57. The van der Waals surface area contributed by atoms with Crippen molar-refractivity contribution in [3.05, 3.63) is 24.3 Å². The standard InChI is InChI=1S/C11H14N4/c1-2-7-10-9(6-1)13-11(15-14-10)12-8-4-3-5-8/h1-2,6-8,14H,3-5H2,(H2,12,13,15). The average Bonchev–Trinajstić information content (AvgIpc) is 2.23. The van der Waals surface area contributed by atoms with Crippen LogP contribution in [0.3, 0.4) is 0 Å². The van der Waals surface area contributed by atoms with Gasteiger partial charge >= 0.3 is 0 Å². The van der Waals surface area contributed by atoms with Crippen LogP contribution >= 0.6 is 0 Å². The fraction of sp³-hybridized carbons (Fsp3) is 0.364. The molecule has 4 heteroatoms. The van der Waals surface area contributed by atoms with E-state index < -0.39 is 0 Å². The largest absolute Gasteiger partial charge is 0.323 e. The van der Waals surface area contributed by atoms with Crippen LogP contribution < -0.4 is 16.2 Å². The molecule has 0 amide bonds. The zero-order valence-corrected chi connectivity index (χ0v) is 8.46. The Hall–Kier alpha value is -1.71. The first-order valence-electron chi connectivity index (χ1n) is 5.38. The SMILES string of the molecule is c1ccc2c(c1)NNC(=NC1CCC1)N2. The fourth-order valence-corrected chi connectivity index (χ4v) is 1.75. The van der Waals surface area contributed by atoms with Crippen molar-refractivity contribution in [2.45, 2.75) is 25.3 Å². The van der Waals surface area contributed by atoms with E-state index in [1.54, 1.807) is 0 Å². The lowest BCUT2D eigenvalue weighted by molar-refractivity contribution is 0.419. The molecule has 0 atom stereocenters. The minimum Gasteiger partial charge on any atom is -0.323 e. The van der Waals surface area contributed by atoms with Gasteiger partial charge < -0.3 is 5.32 Å². The van der Waals surface area contributed by atoms with Gasteiger partial charge in [0.1, 0.15) is 0 Å². The van der Waals surface area contributed by atoms with E-state index in [4.69, 9.17) is 0 Å². The van der Waals surface area contributed by atoms with E-state index >= 15 is 0 Å². The van der Waals surface area contributed by atoms with Crippen LogP contribution in [0.1, 0.15) is 19.3 Å². The predicted octanol–water partition coefficient (Wildman–Crippen LogP) is 1.94. The van der Waals surface area contributed by atoms with Crippen molar-refractivity contribution in [3.8, 4) is 0 Å². The highest BCUT2D eigenvalue weighted by atomic mass is 15.5. The lowest BCUT2D eigenvalue weighted by atomic mass is 9.94. The predicted molar refractivity (Wildman–Crippen MR) is 61.9 cm³/mol. The molecule has 3 N–H and O–H groups in total. The summed E-state index contributed by atoms with van der Waals surface area (Å²) in [4.78, 5) is 4.57. The molecule has 1 aliphatic carbocycles. The molecule has 0 radical (unpaired) electrons. The molecule has 1 saturated carbocycles. The van der Waals surface area contributed by atoms with Crippen LogP contribution in [0, 0.1) is 0 Å². The molecule has 1 aromatic carbocycles. The molecule has 1 heterocycles. The third-order valence-corrected chi connectivity index (χ3v) is 2.88. The average molecular weight is 202 g/mol. The van der Waals surface area contributed by atoms with Gasteiger partial charge in [-0.1, -0.05) is 12.1 Å². The van der Waals surface area contributed by atoms with Crippen LogP contribution in [0.5, 0.6) is 0 Å². The number of anilines is 2. The summed E-state index contributed by atoms with van der Waals surface area (Å²) in [5, 5.41) is 3.27. The smallest absolute Gasteiger partial charge is 0.215 e. The van der Waals surface area contributed by atoms with Crippen molar-refractivity contribution in [1.82, 2.24) is 5.43 Å². The summed E-state index contributed by atoms with van der Waals surface area (Å²) in [6, 6.07) is 8.59. The van der Waals surface area contributed by atoms with Crippen molar-refractivity contribution < 1.29 is 0 Å². The summed E-state index contributed by atoms with van der Waals surface area (Å²) in [7, 11) is 0. The molecule has 2 aliphatic rings. The summed E-state index contributed by atoms with van der Waals surface area (Å²) in [6.07, 6.45) is 3.74. The molecule has 0 saturated heterocycles. The number of hydrogen-bond donors (Lipinski definition) is 3. The highest BCUT2D eigenvalue weighted by Crippen LogP contribution is 2.25. The number of para-hydroxylation sites is 2. The van der Waals surface area contributed by atoms with Crippen molar-refractivity contribution in [2.75, 3.05) is 10.7 Å². The molecule has 0 spiro atoms. The highest BCUT2D eigenvalue weighted by Gasteiger charge is 2.18. The molecular weight excluding hydrogens is 188 g/mol. The first-order chi connectivity index (χ1) is 7.42. The number of hydrazine groups is 1. The van der Waals surface area contributed by atoms with Gasteiger partial charge in [-0.15, -0.1) is 0 Å². The Morgan fingerprint density at radius 1 is 1.07 bits per heavy atom. The van der Waals surface area contributed by atoms with E-state index in [0.29, 0.717) is 6.04 Å². The summed E-state index contributed by atoms with van der Waals surface area (Å²) in [6.45, 7) is 0. The lowest BCUT2D eigenvalue weighted by Gasteiger charge is -2.27. The number of hydrogen-bond acceptors (Lipinski definition) is 2. The molecular formula is C11H14N4. The number of nitrogens with one attached hydrogen (secondary N) is 3. The topological polar surface area (TPSA) is 48.5 Å². The second kappa shape index (κ2) is 3.46. The molecule has 78 valence electrons. The highest BCUT2D eigenvalue weighted by molar-refractivity contribution is 6.00. The van der Waals surface area contributed by atoms with Crippen LogP contribution in [0.4, 0.5) is 11.4 Å². The van der Waals surface area contributed by atoms with Crippen LogP contribution in [0.25, 0.3) is 0 Å². The Morgan fingerprint density at radius 3 is 2.60 bits per heavy atom. The maximum Gasteiger partial charge on any atom is 0.215 e. The minimum absolute atomic E-state index is 0.507. The zero-order valence-electron chi connectivity index (χ0n) is 8.46. The quantitative estimate of drug-likeness (QED) is 0.652. The summed E-state index contributed by atoms with van der Waals surface area (Å²) in [5.74, 6) is 0.832. The van der Waals surface area contributed by atoms with E-state index in [0.717, 1.165) is 17.3 Å². The van der Waals surface area contributed by atoms with Gasteiger partial charge in [0.05, 0.1) is 17.4 Å². The Morgan fingerprint density at radius 2 is 1.87 bits per heavy atom. The Bertz CT molecular complexity index is 395. The first-order valence-corrected chi connectivity index (χ1v) is 5.38. The van der Waals surface area contributed by atoms with E-state index in [9.17, 15) is 0 Å². The lowest BCUT2D eigenvalue weighted by Crippen LogP contribution is -2.41. The molecule has 1 aromatic rings. The Labute approximate surface area is 88.8 Å². The molecule has 0 bridgehead atoms. The molecule has 4 nitrogen and oxygen atoms in total. The van der Waals surface area contributed by atoms with Crippen molar-refractivity contribution >= 4 is 17.3 Å². The summed E-state index contributed by atoms with van der Waals surface area (Å²) >= 11 is 0. The van der Waals surface area contributed by atoms with Gasteiger partial charge in [-0.05, 0) is 31.4 Å². The first kappa shape index (κ1) is 8.59. The van der Waals surface area contributed by atoms with Crippen LogP contribution in [0.15, 0.2) is 29.3 Å². The third kappa shape index (κ3) is 1.63. The summed E-state index contributed by atoms with van der Waals surface area (Å²) in [5.41, 5.74) is 8.32. The number of fused-ring (bicyclic) bond motifs is 1. The zero-order chi connectivity index (χ0) is 10.1. The van der Waals surface area contributed by atoms with Gasteiger partial charge in [-0.3, -0.25) is 10.9 Å². The Kier molecular flexibility index (Phi) is 1.98. The number of aliphatic imine (C=N–C) groups is 1. The van der Waals surface area contributed by atoms with Gasteiger partial charge in [0.2, 0.25) is 5.96 Å². The van der Waals surface area contributed by atoms with E-state index in [1.807, 2.05) is 24.3 Å². The number of rotatable bonds is 1. The maximum absolute atomic E-state index is 4.57. The van der Waals surface area contributed by atoms with E-state index in [2.05, 4.69) is 21.2 Å². The molecule has 0 aromatic heterocycles. The molecule has 3 rings (SSSR count). The second-order valence-corrected chi connectivity index (χ2v) is 3.98. The van der Waals surface area contributed by atoms with Gasteiger partial charge in [-0.2, -0.15) is 0 Å². The van der Waals surface area contributed by atoms with Gasteiger partial charge in [-0.25, -0.2) is 4.99 Å². The molecule has 0 unspecified atom stereocenters. The summed E-state index contributed by atoms with van der Waals surface area (Å²) < 4.78 is 0. The second-order valence-electron chi connectivity index (χ2n) is 3.98. The van der Waals surface area contributed by atoms with Crippen molar-refractivity contribution in [3.63, 3.8) is 0 Å². The third-order valence-electron chi connectivity index (χ3n) is 2.88. The number of nitrogens with zero attached hydrogens (tertiary/aromatic N) is 1. The van der Waals surface area contributed by atoms with E-state index in [-0.39, 0.29) is 0 Å². The van der Waals surface area contributed by atoms with E-state index in [1.165, 1.54) is 19.3 Å². The fourth-order valence-electron chi connectivity index (χ4n) is 1.75. The number of guanidine groups is 1. The van der Waals surface area contributed by atoms with Crippen molar-refractivity contribution in [1.29, 1.82) is 0 Å². The number of benzene rings is 1.